The summed E-state index contributed by atoms with van der Waals surface area (Å²) < 4.78 is 0. The van der Waals surface area contributed by atoms with Gasteiger partial charge >= 0.3 is 0 Å². The maximum atomic E-state index is 13.1. The Hall–Kier alpha value is -2.01. The lowest BCUT2D eigenvalue weighted by Crippen LogP contribution is -2.52. The second-order valence-corrected chi connectivity index (χ2v) is 8.06. The predicted octanol–water partition coefficient (Wildman–Crippen LogP) is 3.27. The molecule has 0 bridgehead atoms. The largest absolute Gasteiger partial charge is 0.350 e. The SMILES string of the molecule is CC(C)(C)NC(=O)[C@H]1CSCN1C(=O)c1cccc2ccccc12. The van der Waals surface area contributed by atoms with Crippen LogP contribution in [-0.4, -0.2) is 39.9 Å². The van der Waals surface area contributed by atoms with E-state index < -0.39 is 6.04 Å². The molecule has 2 aromatic rings. The first-order chi connectivity index (χ1) is 11.4. The standard InChI is InChI=1S/C19H22N2O2S/c1-19(2,3)20-17(22)16-11-24-12-21(16)18(23)15-10-6-8-13-7-4-5-9-14(13)15/h4-10,16H,11-12H2,1-3H3,(H,20,22)/t16-/m1/s1. The van der Waals surface area contributed by atoms with Crippen molar-refractivity contribution in [2.45, 2.75) is 32.4 Å². The Morgan fingerprint density at radius 1 is 1.12 bits per heavy atom. The molecule has 1 aliphatic rings. The lowest BCUT2D eigenvalue weighted by molar-refractivity contribution is -0.125. The Kier molecular flexibility index (Phi) is 4.54. The summed E-state index contributed by atoms with van der Waals surface area (Å²) in [6.07, 6.45) is 0. The Labute approximate surface area is 146 Å². The van der Waals surface area contributed by atoms with Crippen LogP contribution in [0.15, 0.2) is 42.5 Å². The number of carbonyl (C=O) groups is 2. The summed E-state index contributed by atoms with van der Waals surface area (Å²) in [6.45, 7) is 5.84. The number of hydrogen-bond donors (Lipinski definition) is 1. The number of rotatable bonds is 2. The number of nitrogens with zero attached hydrogens (tertiary/aromatic N) is 1. The van der Waals surface area contributed by atoms with E-state index in [2.05, 4.69) is 5.32 Å². The van der Waals surface area contributed by atoms with Gasteiger partial charge in [0.05, 0.1) is 5.88 Å². The minimum Gasteiger partial charge on any atom is -0.350 e. The van der Waals surface area contributed by atoms with Crippen molar-refractivity contribution in [3.63, 3.8) is 0 Å². The number of thioether (sulfide) groups is 1. The smallest absolute Gasteiger partial charge is 0.255 e. The molecule has 0 spiro atoms. The molecule has 2 aromatic carbocycles. The molecule has 1 fully saturated rings. The molecule has 0 radical (unpaired) electrons. The van der Waals surface area contributed by atoms with E-state index in [-0.39, 0.29) is 17.4 Å². The van der Waals surface area contributed by atoms with E-state index in [9.17, 15) is 9.59 Å². The average molecular weight is 342 g/mol. The topological polar surface area (TPSA) is 49.4 Å². The molecule has 2 amide bonds. The Bertz CT molecular complexity index is 777. The maximum absolute atomic E-state index is 13.1. The highest BCUT2D eigenvalue weighted by Crippen LogP contribution is 2.27. The second kappa shape index (κ2) is 6.48. The van der Waals surface area contributed by atoms with Gasteiger partial charge in [0.2, 0.25) is 5.91 Å². The molecule has 1 N–H and O–H groups in total. The lowest BCUT2D eigenvalue weighted by Gasteiger charge is -2.28. The van der Waals surface area contributed by atoms with Gasteiger partial charge in [0.15, 0.2) is 0 Å². The molecule has 5 heteroatoms. The van der Waals surface area contributed by atoms with Gasteiger partial charge < -0.3 is 10.2 Å². The van der Waals surface area contributed by atoms with Crippen molar-refractivity contribution in [3.05, 3.63) is 48.0 Å². The molecule has 4 nitrogen and oxygen atoms in total. The minimum absolute atomic E-state index is 0.0779. The Morgan fingerprint density at radius 3 is 2.58 bits per heavy atom. The number of carbonyl (C=O) groups excluding carboxylic acids is 2. The fourth-order valence-corrected chi connectivity index (χ4v) is 4.03. The van der Waals surface area contributed by atoms with Gasteiger partial charge in [0.1, 0.15) is 6.04 Å². The molecule has 1 heterocycles. The van der Waals surface area contributed by atoms with Crippen LogP contribution < -0.4 is 5.32 Å². The third-order valence-electron chi connectivity index (χ3n) is 3.96. The van der Waals surface area contributed by atoms with Crippen LogP contribution >= 0.6 is 11.8 Å². The summed E-state index contributed by atoms with van der Waals surface area (Å²) in [5, 5.41) is 4.95. The third kappa shape index (κ3) is 3.41. The van der Waals surface area contributed by atoms with Gasteiger partial charge in [-0.15, -0.1) is 11.8 Å². The van der Waals surface area contributed by atoms with E-state index in [1.807, 2.05) is 63.2 Å². The van der Waals surface area contributed by atoms with Gasteiger partial charge in [-0.05, 0) is 37.6 Å². The lowest BCUT2D eigenvalue weighted by atomic mass is 10.0. The summed E-state index contributed by atoms with van der Waals surface area (Å²) in [5.41, 5.74) is 0.350. The molecule has 0 unspecified atom stereocenters. The van der Waals surface area contributed by atoms with Crippen LogP contribution in [0.5, 0.6) is 0 Å². The number of hydrogen-bond acceptors (Lipinski definition) is 3. The highest BCUT2D eigenvalue weighted by atomic mass is 32.2. The Morgan fingerprint density at radius 2 is 1.83 bits per heavy atom. The predicted molar refractivity (Wildman–Crippen MR) is 99.1 cm³/mol. The summed E-state index contributed by atoms with van der Waals surface area (Å²) in [5.74, 6) is 1.02. The maximum Gasteiger partial charge on any atom is 0.255 e. The van der Waals surface area contributed by atoms with Crippen LogP contribution in [0.4, 0.5) is 0 Å². The number of amides is 2. The molecule has 24 heavy (non-hydrogen) atoms. The molecule has 0 aliphatic carbocycles. The van der Waals surface area contributed by atoms with Crippen LogP contribution in [0, 0.1) is 0 Å². The minimum atomic E-state index is -0.416. The van der Waals surface area contributed by atoms with Gasteiger partial charge in [0, 0.05) is 16.9 Å². The summed E-state index contributed by atoms with van der Waals surface area (Å²) in [4.78, 5) is 27.3. The molecular formula is C19H22N2O2S. The number of fused-ring (bicyclic) bond motifs is 1. The van der Waals surface area contributed by atoms with Gasteiger partial charge in [-0.3, -0.25) is 9.59 Å². The van der Waals surface area contributed by atoms with E-state index in [0.29, 0.717) is 17.2 Å². The fraction of sp³-hybridized carbons (Fsp3) is 0.368. The Balaban J connectivity index is 1.89. The van der Waals surface area contributed by atoms with Crippen molar-refractivity contribution >= 4 is 34.3 Å². The van der Waals surface area contributed by atoms with Crippen LogP contribution in [0.3, 0.4) is 0 Å². The van der Waals surface area contributed by atoms with Crippen molar-refractivity contribution in [1.29, 1.82) is 0 Å². The van der Waals surface area contributed by atoms with E-state index in [4.69, 9.17) is 0 Å². The van der Waals surface area contributed by atoms with Gasteiger partial charge in [-0.25, -0.2) is 0 Å². The molecular weight excluding hydrogens is 320 g/mol. The van der Waals surface area contributed by atoms with Crippen LogP contribution in [0.2, 0.25) is 0 Å². The van der Waals surface area contributed by atoms with E-state index >= 15 is 0 Å². The molecule has 1 saturated heterocycles. The van der Waals surface area contributed by atoms with Gasteiger partial charge in [-0.2, -0.15) is 0 Å². The van der Waals surface area contributed by atoms with Crippen molar-refractivity contribution in [2.24, 2.45) is 0 Å². The molecule has 1 aliphatic heterocycles. The van der Waals surface area contributed by atoms with Crippen molar-refractivity contribution in [3.8, 4) is 0 Å². The fourth-order valence-electron chi connectivity index (χ4n) is 2.88. The third-order valence-corrected chi connectivity index (χ3v) is 4.98. The summed E-state index contributed by atoms with van der Waals surface area (Å²) >= 11 is 1.62. The molecule has 0 aromatic heterocycles. The van der Waals surface area contributed by atoms with Crippen LogP contribution in [0.1, 0.15) is 31.1 Å². The second-order valence-electron chi connectivity index (χ2n) is 7.06. The highest BCUT2D eigenvalue weighted by Gasteiger charge is 2.36. The van der Waals surface area contributed by atoms with Crippen molar-refractivity contribution < 1.29 is 9.59 Å². The number of benzene rings is 2. The molecule has 126 valence electrons. The van der Waals surface area contributed by atoms with Crippen molar-refractivity contribution in [2.75, 3.05) is 11.6 Å². The molecule has 3 rings (SSSR count). The monoisotopic (exact) mass is 342 g/mol. The van der Waals surface area contributed by atoms with Crippen LogP contribution in [0.25, 0.3) is 10.8 Å². The number of nitrogens with one attached hydrogen (secondary N) is 1. The van der Waals surface area contributed by atoms with Gasteiger partial charge in [0.25, 0.3) is 5.91 Å². The zero-order valence-corrected chi connectivity index (χ0v) is 15.0. The first-order valence-corrected chi connectivity index (χ1v) is 9.21. The van der Waals surface area contributed by atoms with E-state index in [1.165, 1.54) is 0 Å². The summed E-state index contributed by atoms with van der Waals surface area (Å²) in [7, 11) is 0. The van der Waals surface area contributed by atoms with E-state index in [1.54, 1.807) is 16.7 Å². The average Bonchev–Trinajstić information content (AvgIpc) is 3.02. The van der Waals surface area contributed by atoms with Crippen molar-refractivity contribution in [1.82, 2.24) is 10.2 Å². The zero-order chi connectivity index (χ0) is 17.3. The first-order valence-electron chi connectivity index (χ1n) is 8.05. The first kappa shape index (κ1) is 16.8. The molecule has 1 atom stereocenters. The normalized spacial score (nSPS) is 18.0. The quantitative estimate of drug-likeness (QED) is 0.911. The van der Waals surface area contributed by atoms with E-state index in [0.717, 1.165) is 10.8 Å². The van der Waals surface area contributed by atoms with Crippen LogP contribution in [-0.2, 0) is 4.79 Å². The van der Waals surface area contributed by atoms with Gasteiger partial charge in [-0.1, -0.05) is 36.4 Å². The highest BCUT2D eigenvalue weighted by molar-refractivity contribution is 7.99. The zero-order valence-electron chi connectivity index (χ0n) is 14.2. The molecule has 0 saturated carbocycles. The summed E-state index contributed by atoms with van der Waals surface area (Å²) in [6, 6.07) is 13.2.